The van der Waals surface area contributed by atoms with Crippen LogP contribution in [0.4, 0.5) is 4.39 Å². The molecule has 1 rings (SSSR count). The summed E-state index contributed by atoms with van der Waals surface area (Å²) in [6.07, 6.45) is 1.89. The van der Waals surface area contributed by atoms with Gasteiger partial charge in [0.05, 0.1) is 13.2 Å². The molecule has 0 aliphatic rings. The molecule has 94 valence electrons. The zero-order valence-electron chi connectivity index (χ0n) is 10.0. The fraction of sp³-hybridized carbons (Fsp3) is 0.462. The van der Waals surface area contributed by atoms with Crippen LogP contribution in [0.25, 0.3) is 0 Å². The van der Waals surface area contributed by atoms with E-state index in [1.165, 1.54) is 12.1 Å². The normalized spacial score (nSPS) is 10.2. The van der Waals surface area contributed by atoms with Gasteiger partial charge in [0.1, 0.15) is 5.82 Å². The number of benzene rings is 1. The van der Waals surface area contributed by atoms with Gasteiger partial charge in [-0.1, -0.05) is 25.5 Å². The van der Waals surface area contributed by atoms with Crippen molar-refractivity contribution >= 4 is 5.97 Å². The maximum absolute atomic E-state index is 12.8. The Morgan fingerprint density at radius 3 is 3.00 bits per heavy atom. The van der Waals surface area contributed by atoms with Gasteiger partial charge in [0.2, 0.25) is 0 Å². The van der Waals surface area contributed by atoms with Gasteiger partial charge >= 0.3 is 5.97 Å². The SMILES string of the molecule is CCCCOC(=O)CNCc1cccc(F)c1. The Balaban J connectivity index is 2.17. The summed E-state index contributed by atoms with van der Waals surface area (Å²) in [6.45, 7) is 3.12. The molecule has 0 atom stereocenters. The molecule has 0 unspecified atom stereocenters. The predicted octanol–water partition coefficient (Wildman–Crippen LogP) is 2.26. The van der Waals surface area contributed by atoms with Crippen LogP contribution >= 0.6 is 0 Å². The Bertz CT molecular complexity index is 355. The second-order valence-corrected chi connectivity index (χ2v) is 3.81. The molecule has 1 aromatic carbocycles. The van der Waals surface area contributed by atoms with Crippen molar-refractivity contribution in [1.29, 1.82) is 0 Å². The minimum absolute atomic E-state index is 0.153. The van der Waals surface area contributed by atoms with E-state index in [9.17, 15) is 9.18 Å². The molecule has 17 heavy (non-hydrogen) atoms. The summed E-state index contributed by atoms with van der Waals surface area (Å²) in [4.78, 5) is 11.2. The number of esters is 1. The Kier molecular flexibility index (Phi) is 6.25. The van der Waals surface area contributed by atoms with Gasteiger partial charge in [-0.05, 0) is 24.1 Å². The molecule has 0 saturated carbocycles. The van der Waals surface area contributed by atoms with Gasteiger partial charge in [-0.2, -0.15) is 0 Å². The van der Waals surface area contributed by atoms with Crippen molar-refractivity contribution in [3.63, 3.8) is 0 Å². The molecule has 0 fully saturated rings. The van der Waals surface area contributed by atoms with Crippen LogP contribution in [0.3, 0.4) is 0 Å². The van der Waals surface area contributed by atoms with E-state index < -0.39 is 0 Å². The van der Waals surface area contributed by atoms with Crippen molar-refractivity contribution in [3.8, 4) is 0 Å². The van der Waals surface area contributed by atoms with E-state index >= 15 is 0 Å². The summed E-state index contributed by atoms with van der Waals surface area (Å²) in [5, 5.41) is 2.91. The van der Waals surface area contributed by atoms with Crippen LogP contribution < -0.4 is 5.32 Å². The van der Waals surface area contributed by atoms with Crippen molar-refractivity contribution in [2.24, 2.45) is 0 Å². The lowest BCUT2D eigenvalue weighted by Crippen LogP contribution is -2.24. The monoisotopic (exact) mass is 239 g/mol. The molecule has 1 N–H and O–H groups in total. The highest BCUT2D eigenvalue weighted by Gasteiger charge is 2.01. The van der Waals surface area contributed by atoms with E-state index in [0.29, 0.717) is 13.2 Å². The molecule has 0 heterocycles. The van der Waals surface area contributed by atoms with Gasteiger partial charge in [-0.3, -0.25) is 4.79 Å². The van der Waals surface area contributed by atoms with E-state index in [4.69, 9.17) is 4.74 Å². The average molecular weight is 239 g/mol. The maximum atomic E-state index is 12.8. The molecule has 0 aliphatic heterocycles. The first kappa shape index (κ1) is 13.6. The number of nitrogens with one attached hydrogen (secondary N) is 1. The summed E-state index contributed by atoms with van der Waals surface area (Å²) in [5.41, 5.74) is 0.811. The number of hydrogen-bond acceptors (Lipinski definition) is 3. The molecule has 0 radical (unpaired) electrons. The minimum Gasteiger partial charge on any atom is -0.465 e. The third-order valence-corrected chi connectivity index (χ3v) is 2.25. The highest BCUT2D eigenvalue weighted by molar-refractivity contribution is 5.71. The van der Waals surface area contributed by atoms with Crippen molar-refractivity contribution in [1.82, 2.24) is 5.32 Å². The lowest BCUT2D eigenvalue weighted by atomic mass is 10.2. The zero-order valence-corrected chi connectivity index (χ0v) is 10.0. The number of carbonyl (C=O) groups is 1. The average Bonchev–Trinajstić information content (AvgIpc) is 2.29. The van der Waals surface area contributed by atoms with Gasteiger partial charge in [0, 0.05) is 6.54 Å². The second kappa shape index (κ2) is 7.79. The number of ether oxygens (including phenoxy) is 1. The summed E-state index contributed by atoms with van der Waals surface area (Å²) in [6, 6.07) is 6.28. The third-order valence-electron chi connectivity index (χ3n) is 2.25. The topological polar surface area (TPSA) is 38.3 Å². The van der Waals surface area contributed by atoms with E-state index in [1.807, 2.05) is 6.92 Å². The van der Waals surface area contributed by atoms with E-state index in [0.717, 1.165) is 18.4 Å². The van der Waals surface area contributed by atoms with Crippen LogP contribution in [0.1, 0.15) is 25.3 Å². The fourth-order valence-corrected chi connectivity index (χ4v) is 1.34. The molecule has 0 saturated heterocycles. The Morgan fingerprint density at radius 2 is 2.29 bits per heavy atom. The standard InChI is InChI=1S/C13H18FNO2/c1-2-3-7-17-13(16)10-15-9-11-5-4-6-12(14)8-11/h4-6,8,15H,2-3,7,9-10H2,1H3. The first-order valence-electron chi connectivity index (χ1n) is 5.83. The van der Waals surface area contributed by atoms with Gasteiger partial charge in [-0.15, -0.1) is 0 Å². The quantitative estimate of drug-likeness (QED) is 0.586. The highest BCUT2D eigenvalue weighted by atomic mass is 19.1. The summed E-state index contributed by atoms with van der Waals surface area (Å²) < 4.78 is 17.8. The van der Waals surface area contributed by atoms with E-state index in [2.05, 4.69) is 5.32 Å². The van der Waals surface area contributed by atoms with E-state index in [1.54, 1.807) is 12.1 Å². The molecule has 0 amide bonds. The predicted molar refractivity (Wildman–Crippen MR) is 64.0 cm³/mol. The molecule has 3 nitrogen and oxygen atoms in total. The molecule has 1 aromatic rings. The molecule has 0 spiro atoms. The molecule has 0 bridgehead atoms. The summed E-state index contributed by atoms with van der Waals surface area (Å²) in [7, 11) is 0. The number of carbonyl (C=O) groups excluding carboxylic acids is 1. The van der Waals surface area contributed by atoms with Crippen LogP contribution in [0.5, 0.6) is 0 Å². The number of rotatable bonds is 7. The van der Waals surface area contributed by atoms with Gasteiger partial charge in [0.25, 0.3) is 0 Å². The molecule has 0 aromatic heterocycles. The Labute approximate surface area is 101 Å². The van der Waals surface area contributed by atoms with Crippen LogP contribution in [0.2, 0.25) is 0 Å². The minimum atomic E-state index is -0.269. The first-order chi connectivity index (χ1) is 8.22. The van der Waals surface area contributed by atoms with Crippen molar-refractivity contribution < 1.29 is 13.9 Å². The van der Waals surface area contributed by atoms with Crippen LogP contribution in [-0.2, 0) is 16.1 Å². The molecule has 0 aliphatic carbocycles. The van der Waals surface area contributed by atoms with Gasteiger partial charge in [-0.25, -0.2) is 4.39 Å². The summed E-state index contributed by atoms with van der Waals surface area (Å²) >= 11 is 0. The third kappa shape index (κ3) is 6.02. The van der Waals surface area contributed by atoms with E-state index in [-0.39, 0.29) is 18.3 Å². The van der Waals surface area contributed by atoms with Crippen molar-refractivity contribution in [2.75, 3.05) is 13.2 Å². The second-order valence-electron chi connectivity index (χ2n) is 3.81. The van der Waals surface area contributed by atoms with Gasteiger partial charge < -0.3 is 10.1 Å². The maximum Gasteiger partial charge on any atom is 0.319 e. The Hall–Kier alpha value is -1.42. The fourth-order valence-electron chi connectivity index (χ4n) is 1.34. The largest absolute Gasteiger partial charge is 0.465 e. The smallest absolute Gasteiger partial charge is 0.319 e. The summed E-state index contributed by atoms with van der Waals surface area (Å²) in [5.74, 6) is -0.537. The van der Waals surface area contributed by atoms with Gasteiger partial charge in [0.15, 0.2) is 0 Å². The zero-order chi connectivity index (χ0) is 12.5. The Morgan fingerprint density at radius 1 is 1.47 bits per heavy atom. The van der Waals surface area contributed by atoms with Crippen LogP contribution in [-0.4, -0.2) is 19.1 Å². The first-order valence-corrected chi connectivity index (χ1v) is 5.83. The lowest BCUT2D eigenvalue weighted by molar-refractivity contribution is -0.142. The van der Waals surface area contributed by atoms with Crippen LogP contribution in [0.15, 0.2) is 24.3 Å². The molecular weight excluding hydrogens is 221 g/mol. The lowest BCUT2D eigenvalue weighted by Gasteiger charge is -2.05. The van der Waals surface area contributed by atoms with Crippen molar-refractivity contribution in [3.05, 3.63) is 35.6 Å². The number of hydrogen-bond donors (Lipinski definition) is 1. The number of unbranched alkanes of at least 4 members (excludes halogenated alkanes) is 1. The molecular formula is C13H18FNO2. The van der Waals surface area contributed by atoms with Crippen LogP contribution in [0, 0.1) is 5.82 Å². The highest BCUT2D eigenvalue weighted by Crippen LogP contribution is 2.02. The number of halogens is 1. The molecule has 4 heteroatoms. The van der Waals surface area contributed by atoms with Crippen molar-refractivity contribution in [2.45, 2.75) is 26.3 Å².